The molecule has 0 spiro atoms. The third-order valence-corrected chi connectivity index (χ3v) is 3.51. The molecule has 0 atom stereocenters. The van der Waals surface area contributed by atoms with Crippen molar-refractivity contribution in [3.63, 3.8) is 0 Å². The summed E-state index contributed by atoms with van der Waals surface area (Å²) in [5.74, 6) is 0. The normalized spacial score (nSPS) is 17.5. The second-order valence-electron chi connectivity index (χ2n) is 4.48. The Bertz CT molecular complexity index is 387. The van der Waals surface area contributed by atoms with E-state index in [9.17, 15) is 0 Å². The zero-order valence-electron chi connectivity index (χ0n) is 9.17. The number of halogens is 1. The largest absolute Gasteiger partial charge is 0.311 e. The lowest BCUT2D eigenvalue weighted by Gasteiger charge is -2.35. The van der Waals surface area contributed by atoms with Crippen LogP contribution in [0.25, 0.3) is 0 Å². The van der Waals surface area contributed by atoms with Gasteiger partial charge in [-0.3, -0.25) is 0 Å². The van der Waals surface area contributed by atoms with Crippen LogP contribution in [-0.2, 0) is 6.54 Å². The number of nitriles is 1. The quantitative estimate of drug-likeness (QED) is 0.869. The predicted molar refractivity (Wildman–Crippen MR) is 65.1 cm³/mol. The van der Waals surface area contributed by atoms with Crippen molar-refractivity contribution in [3.8, 4) is 6.07 Å². The monoisotopic (exact) mass is 234 g/mol. The van der Waals surface area contributed by atoms with E-state index in [0.29, 0.717) is 0 Å². The lowest BCUT2D eigenvalue weighted by molar-refractivity contribution is 0.206. The van der Waals surface area contributed by atoms with E-state index in [2.05, 4.69) is 11.4 Å². The summed E-state index contributed by atoms with van der Waals surface area (Å²) in [5.41, 5.74) is 1.11. The fourth-order valence-electron chi connectivity index (χ4n) is 1.98. The Hall–Kier alpha value is -1.04. The molecule has 0 heterocycles. The maximum atomic E-state index is 9.06. The van der Waals surface area contributed by atoms with E-state index in [1.807, 2.05) is 24.3 Å². The Morgan fingerprint density at radius 1 is 1.31 bits per heavy atom. The molecule has 2 rings (SSSR count). The number of nitrogens with zero attached hydrogens (tertiary/aromatic N) is 1. The van der Waals surface area contributed by atoms with E-state index in [1.54, 1.807) is 0 Å². The Kier molecular flexibility index (Phi) is 3.48. The van der Waals surface area contributed by atoms with Gasteiger partial charge in [-0.25, -0.2) is 0 Å². The highest BCUT2D eigenvalue weighted by Gasteiger charge is 2.36. The van der Waals surface area contributed by atoms with Gasteiger partial charge in [-0.1, -0.05) is 30.2 Å². The maximum absolute atomic E-state index is 9.06. The topological polar surface area (TPSA) is 35.8 Å². The van der Waals surface area contributed by atoms with Crippen molar-refractivity contribution >= 4 is 11.6 Å². The lowest BCUT2D eigenvalue weighted by Crippen LogP contribution is -2.38. The SMILES string of the molecule is N#CC1(CNCc2ccc(Cl)cc2)CCC1. The average Bonchev–Trinajstić information content (AvgIpc) is 2.25. The molecule has 1 N–H and O–H groups in total. The molecule has 1 saturated carbocycles. The Morgan fingerprint density at radius 3 is 2.50 bits per heavy atom. The van der Waals surface area contributed by atoms with Crippen LogP contribution in [0.5, 0.6) is 0 Å². The van der Waals surface area contributed by atoms with Gasteiger partial charge in [0.25, 0.3) is 0 Å². The van der Waals surface area contributed by atoms with Crippen molar-refractivity contribution in [2.24, 2.45) is 5.41 Å². The van der Waals surface area contributed by atoms with E-state index >= 15 is 0 Å². The van der Waals surface area contributed by atoms with Crippen LogP contribution in [0.3, 0.4) is 0 Å². The number of hydrogen-bond donors (Lipinski definition) is 1. The predicted octanol–water partition coefficient (Wildman–Crippen LogP) is 3.12. The van der Waals surface area contributed by atoms with Crippen LogP contribution in [-0.4, -0.2) is 6.54 Å². The molecule has 1 aromatic carbocycles. The highest BCUT2D eigenvalue weighted by Crippen LogP contribution is 2.39. The molecule has 3 heteroatoms. The number of hydrogen-bond acceptors (Lipinski definition) is 2. The van der Waals surface area contributed by atoms with Crippen LogP contribution in [0.1, 0.15) is 24.8 Å². The summed E-state index contributed by atoms with van der Waals surface area (Å²) in [6.07, 6.45) is 3.27. The third kappa shape index (κ3) is 2.55. The van der Waals surface area contributed by atoms with Crippen LogP contribution in [0, 0.1) is 16.7 Å². The molecule has 1 aliphatic carbocycles. The first-order chi connectivity index (χ1) is 7.74. The van der Waals surface area contributed by atoms with E-state index < -0.39 is 0 Å². The number of nitrogens with one attached hydrogen (secondary N) is 1. The molecule has 0 aromatic heterocycles. The molecule has 2 nitrogen and oxygen atoms in total. The second kappa shape index (κ2) is 4.86. The molecule has 0 bridgehead atoms. The molecule has 0 saturated heterocycles. The molecule has 0 radical (unpaired) electrons. The summed E-state index contributed by atoms with van der Waals surface area (Å²) in [5, 5.41) is 13.2. The Morgan fingerprint density at radius 2 is 2.00 bits per heavy atom. The van der Waals surface area contributed by atoms with Crippen LogP contribution >= 0.6 is 11.6 Å². The first-order valence-electron chi connectivity index (χ1n) is 5.61. The summed E-state index contributed by atoms with van der Waals surface area (Å²) in [4.78, 5) is 0. The van der Waals surface area contributed by atoms with Crippen molar-refractivity contribution in [1.82, 2.24) is 5.32 Å². The molecule has 1 aliphatic rings. The summed E-state index contributed by atoms with van der Waals surface area (Å²) in [6.45, 7) is 1.60. The minimum absolute atomic E-state index is 0.0908. The van der Waals surface area contributed by atoms with Crippen LogP contribution in [0.2, 0.25) is 5.02 Å². The molecule has 0 amide bonds. The van der Waals surface area contributed by atoms with Gasteiger partial charge in [0.05, 0.1) is 11.5 Å². The third-order valence-electron chi connectivity index (χ3n) is 3.25. The molecule has 1 aromatic rings. The highest BCUT2D eigenvalue weighted by molar-refractivity contribution is 6.30. The van der Waals surface area contributed by atoms with Gasteiger partial charge in [-0.05, 0) is 30.5 Å². The molecule has 0 aliphatic heterocycles. The first-order valence-corrected chi connectivity index (χ1v) is 5.98. The van der Waals surface area contributed by atoms with Gasteiger partial charge in [0, 0.05) is 18.1 Å². The van der Waals surface area contributed by atoms with Crippen LogP contribution < -0.4 is 5.32 Å². The minimum atomic E-state index is -0.0908. The molecule has 0 unspecified atom stereocenters. The first kappa shape index (κ1) is 11.4. The number of benzene rings is 1. The minimum Gasteiger partial charge on any atom is -0.311 e. The molecule has 16 heavy (non-hydrogen) atoms. The van der Waals surface area contributed by atoms with Gasteiger partial charge in [-0.15, -0.1) is 0 Å². The fraction of sp³-hybridized carbons (Fsp3) is 0.462. The summed E-state index contributed by atoms with van der Waals surface area (Å²) in [6, 6.07) is 10.2. The van der Waals surface area contributed by atoms with Crippen LogP contribution in [0.15, 0.2) is 24.3 Å². The highest BCUT2D eigenvalue weighted by atomic mass is 35.5. The molecular formula is C13H15ClN2. The molecular weight excluding hydrogens is 220 g/mol. The van der Waals surface area contributed by atoms with Gasteiger partial charge >= 0.3 is 0 Å². The van der Waals surface area contributed by atoms with Gasteiger partial charge in [0.1, 0.15) is 0 Å². The van der Waals surface area contributed by atoms with Crippen molar-refractivity contribution in [3.05, 3.63) is 34.9 Å². The van der Waals surface area contributed by atoms with Gasteiger partial charge in [-0.2, -0.15) is 5.26 Å². The zero-order chi connectivity index (χ0) is 11.4. The summed E-state index contributed by atoms with van der Waals surface area (Å²) < 4.78 is 0. The lowest BCUT2D eigenvalue weighted by atomic mass is 9.70. The molecule has 84 valence electrons. The van der Waals surface area contributed by atoms with E-state index in [4.69, 9.17) is 16.9 Å². The Balaban J connectivity index is 1.80. The second-order valence-corrected chi connectivity index (χ2v) is 4.91. The van der Waals surface area contributed by atoms with Gasteiger partial charge in [0.15, 0.2) is 0 Å². The van der Waals surface area contributed by atoms with Gasteiger partial charge < -0.3 is 5.32 Å². The standard InChI is InChI=1S/C13H15ClN2/c14-12-4-2-11(3-5-12)8-16-10-13(9-15)6-1-7-13/h2-5,16H,1,6-8,10H2. The van der Waals surface area contributed by atoms with Crippen LogP contribution in [0.4, 0.5) is 0 Å². The maximum Gasteiger partial charge on any atom is 0.0703 e. The van der Waals surface area contributed by atoms with E-state index in [1.165, 1.54) is 12.0 Å². The summed E-state index contributed by atoms with van der Waals surface area (Å²) >= 11 is 5.81. The van der Waals surface area contributed by atoms with Crippen molar-refractivity contribution in [2.45, 2.75) is 25.8 Å². The summed E-state index contributed by atoms with van der Waals surface area (Å²) in [7, 11) is 0. The van der Waals surface area contributed by atoms with Crippen molar-refractivity contribution in [1.29, 1.82) is 5.26 Å². The number of rotatable bonds is 4. The van der Waals surface area contributed by atoms with Crippen molar-refractivity contribution < 1.29 is 0 Å². The Labute approximate surface area is 101 Å². The zero-order valence-corrected chi connectivity index (χ0v) is 9.93. The van der Waals surface area contributed by atoms with Crippen molar-refractivity contribution in [2.75, 3.05) is 6.54 Å². The van der Waals surface area contributed by atoms with E-state index in [-0.39, 0.29) is 5.41 Å². The van der Waals surface area contributed by atoms with E-state index in [0.717, 1.165) is 31.0 Å². The van der Waals surface area contributed by atoms with Gasteiger partial charge in [0.2, 0.25) is 0 Å². The average molecular weight is 235 g/mol. The molecule has 1 fully saturated rings. The smallest absolute Gasteiger partial charge is 0.0703 e. The fourth-order valence-corrected chi connectivity index (χ4v) is 2.11.